The van der Waals surface area contributed by atoms with Gasteiger partial charge in [0.05, 0.1) is 30.2 Å². The molecule has 0 saturated carbocycles. The van der Waals surface area contributed by atoms with E-state index in [1.165, 1.54) is 31.5 Å². The third-order valence-electron chi connectivity index (χ3n) is 6.95. The molecule has 1 aliphatic rings. The van der Waals surface area contributed by atoms with Crippen LogP contribution in [-0.2, 0) is 24.1 Å². The van der Waals surface area contributed by atoms with Gasteiger partial charge in [-0.1, -0.05) is 19.1 Å². The number of amides is 2. The Labute approximate surface area is 237 Å². The van der Waals surface area contributed by atoms with Crippen molar-refractivity contribution < 1.29 is 22.8 Å². The van der Waals surface area contributed by atoms with Gasteiger partial charge in [0, 0.05) is 56.6 Å². The Morgan fingerprint density at radius 1 is 0.951 bits per heavy atom. The number of aromatic nitrogens is 2. The monoisotopic (exact) mass is 569 g/mol. The van der Waals surface area contributed by atoms with Crippen LogP contribution in [-0.4, -0.2) is 64.3 Å². The number of likely N-dealkylation sites (N-methyl/N-ethyl adjacent to an activating group) is 1. The zero-order chi connectivity index (χ0) is 29.6. The van der Waals surface area contributed by atoms with Crippen molar-refractivity contribution >= 4 is 29.0 Å². The van der Waals surface area contributed by atoms with Gasteiger partial charge >= 0.3 is 6.18 Å². The summed E-state index contributed by atoms with van der Waals surface area (Å²) < 4.78 is 42.0. The Bertz CT molecular complexity index is 1370. The van der Waals surface area contributed by atoms with Crippen molar-refractivity contribution in [2.75, 3.05) is 48.7 Å². The predicted octanol–water partition coefficient (Wildman–Crippen LogP) is 4.76. The van der Waals surface area contributed by atoms with Crippen LogP contribution < -0.4 is 16.0 Å². The van der Waals surface area contributed by atoms with Crippen molar-refractivity contribution in [2.45, 2.75) is 40.0 Å². The van der Waals surface area contributed by atoms with Crippen LogP contribution >= 0.6 is 0 Å². The molecule has 1 fully saturated rings. The highest BCUT2D eigenvalue weighted by Gasteiger charge is 2.34. The zero-order valence-electron chi connectivity index (χ0n) is 23.3. The van der Waals surface area contributed by atoms with E-state index in [1.807, 2.05) is 11.8 Å². The number of hydrogen-bond acceptors (Lipinski definition) is 7. The first-order chi connectivity index (χ1) is 19.5. The van der Waals surface area contributed by atoms with E-state index in [2.05, 4.69) is 37.7 Å². The van der Waals surface area contributed by atoms with E-state index in [-0.39, 0.29) is 23.6 Å². The van der Waals surface area contributed by atoms with Crippen molar-refractivity contribution in [3.05, 3.63) is 76.7 Å². The van der Waals surface area contributed by atoms with E-state index >= 15 is 0 Å². The number of halogens is 3. The molecule has 0 radical (unpaired) electrons. The van der Waals surface area contributed by atoms with Crippen LogP contribution in [0, 0.1) is 6.92 Å². The number of nitrogens with one attached hydrogen (secondary N) is 3. The van der Waals surface area contributed by atoms with Gasteiger partial charge in [-0.25, -0.2) is 4.98 Å². The highest BCUT2D eigenvalue weighted by molar-refractivity contribution is 6.04. The van der Waals surface area contributed by atoms with Crippen LogP contribution in [0.4, 0.5) is 30.4 Å². The second-order valence-corrected chi connectivity index (χ2v) is 9.99. The minimum absolute atomic E-state index is 0.0681. The fraction of sp³-hybridized carbons (Fsp3) is 0.379. The number of hydrogen-bond donors (Lipinski definition) is 3. The van der Waals surface area contributed by atoms with Crippen LogP contribution in [0.5, 0.6) is 0 Å². The average molecular weight is 570 g/mol. The standard InChI is InChI=1S/C29H34F3N7O2/c1-4-38-9-11-39(12-10-38)18-22-7-6-21(13-25(22)29(30,31)32)28(41)37-23-8-5-19(2)26(14-23)34-15-24-16-35-27(17-33-24)36-20(3)40/h5-8,13-14,16-17,34H,4,9-12,15,18H2,1-3H3,(H,37,41)(H,35,36,40). The van der Waals surface area contributed by atoms with Crippen molar-refractivity contribution in [3.63, 3.8) is 0 Å². The molecule has 12 heteroatoms. The second kappa shape index (κ2) is 13.1. The van der Waals surface area contributed by atoms with Crippen molar-refractivity contribution in [1.29, 1.82) is 0 Å². The number of anilines is 3. The summed E-state index contributed by atoms with van der Waals surface area (Å²) in [6.07, 6.45) is -1.60. The van der Waals surface area contributed by atoms with E-state index in [4.69, 9.17) is 0 Å². The zero-order valence-corrected chi connectivity index (χ0v) is 23.3. The average Bonchev–Trinajstić information content (AvgIpc) is 2.94. The molecule has 1 aromatic heterocycles. The van der Waals surface area contributed by atoms with E-state index in [1.54, 1.807) is 18.2 Å². The van der Waals surface area contributed by atoms with E-state index in [9.17, 15) is 22.8 Å². The van der Waals surface area contributed by atoms with Gasteiger partial charge in [0.15, 0.2) is 5.82 Å². The lowest BCUT2D eigenvalue weighted by molar-refractivity contribution is -0.138. The topological polar surface area (TPSA) is 102 Å². The molecule has 9 nitrogen and oxygen atoms in total. The Kier molecular flexibility index (Phi) is 9.56. The summed E-state index contributed by atoms with van der Waals surface area (Å²) in [6, 6.07) is 8.98. The van der Waals surface area contributed by atoms with Crippen LogP contribution in [0.1, 0.15) is 46.6 Å². The molecule has 1 aliphatic heterocycles. The van der Waals surface area contributed by atoms with Crippen LogP contribution in [0.15, 0.2) is 48.8 Å². The summed E-state index contributed by atoms with van der Waals surface area (Å²) >= 11 is 0. The number of piperazine rings is 1. The largest absolute Gasteiger partial charge is 0.416 e. The van der Waals surface area contributed by atoms with Gasteiger partial charge in [-0.15, -0.1) is 0 Å². The fourth-order valence-electron chi connectivity index (χ4n) is 4.59. The summed E-state index contributed by atoms with van der Waals surface area (Å²) in [5, 5.41) is 8.49. The molecule has 41 heavy (non-hydrogen) atoms. The number of rotatable bonds is 9. The molecule has 0 spiro atoms. The van der Waals surface area contributed by atoms with Crippen LogP contribution in [0.2, 0.25) is 0 Å². The number of aryl methyl sites for hydroxylation is 1. The summed E-state index contributed by atoms with van der Waals surface area (Å²) in [5.74, 6) is -0.530. The minimum atomic E-state index is -4.58. The number of nitrogens with zero attached hydrogens (tertiary/aromatic N) is 4. The molecule has 0 aliphatic carbocycles. The molecule has 218 valence electrons. The predicted molar refractivity (Wildman–Crippen MR) is 152 cm³/mol. The van der Waals surface area contributed by atoms with Gasteiger partial charge in [0.1, 0.15) is 0 Å². The molecule has 0 bridgehead atoms. The van der Waals surface area contributed by atoms with Crippen LogP contribution in [0.3, 0.4) is 0 Å². The lowest BCUT2D eigenvalue weighted by Gasteiger charge is -2.34. The molecule has 1 saturated heterocycles. The summed E-state index contributed by atoms with van der Waals surface area (Å²) in [5.41, 5.74) is 1.97. The lowest BCUT2D eigenvalue weighted by atomic mass is 10.0. The van der Waals surface area contributed by atoms with Crippen molar-refractivity contribution in [3.8, 4) is 0 Å². The second-order valence-electron chi connectivity index (χ2n) is 9.99. The normalized spacial score (nSPS) is 14.5. The third kappa shape index (κ3) is 8.24. The van der Waals surface area contributed by atoms with E-state index < -0.39 is 17.6 Å². The first-order valence-electron chi connectivity index (χ1n) is 13.4. The molecule has 0 atom stereocenters. The van der Waals surface area contributed by atoms with Gasteiger partial charge < -0.3 is 20.9 Å². The van der Waals surface area contributed by atoms with Gasteiger partial charge in [-0.3, -0.25) is 19.5 Å². The first kappa shape index (κ1) is 29.9. The number of carbonyl (C=O) groups is 2. The highest BCUT2D eigenvalue weighted by Crippen LogP contribution is 2.34. The quantitative estimate of drug-likeness (QED) is 0.341. The van der Waals surface area contributed by atoms with Gasteiger partial charge in [-0.2, -0.15) is 13.2 Å². The Hall–Kier alpha value is -4.03. The maximum absolute atomic E-state index is 14.0. The fourth-order valence-corrected chi connectivity index (χ4v) is 4.59. The molecule has 3 aromatic rings. The van der Waals surface area contributed by atoms with E-state index in [0.717, 1.165) is 31.3 Å². The smallest absolute Gasteiger partial charge is 0.379 e. The number of alkyl halides is 3. The summed E-state index contributed by atoms with van der Waals surface area (Å²) in [4.78, 5) is 36.8. The third-order valence-corrected chi connectivity index (χ3v) is 6.95. The molecular formula is C29H34F3N7O2. The highest BCUT2D eigenvalue weighted by atomic mass is 19.4. The van der Waals surface area contributed by atoms with E-state index in [0.29, 0.717) is 42.5 Å². The molecule has 2 aromatic carbocycles. The molecule has 2 amide bonds. The van der Waals surface area contributed by atoms with Gasteiger partial charge in [0.2, 0.25) is 5.91 Å². The number of benzene rings is 2. The molecule has 4 rings (SSSR count). The number of carbonyl (C=O) groups excluding carboxylic acids is 2. The molecular weight excluding hydrogens is 535 g/mol. The lowest BCUT2D eigenvalue weighted by Crippen LogP contribution is -2.45. The summed E-state index contributed by atoms with van der Waals surface area (Å²) in [6.45, 7) is 9.82. The SMILES string of the molecule is CCN1CCN(Cc2ccc(C(=O)Nc3ccc(C)c(NCc4cnc(NC(C)=O)cn4)c3)cc2C(F)(F)F)CC1. The molecule has 3 N–H and O–H groups in total. The van der Waals surface area contributed by atoms with Gasteiger partial charge in [-0.05, 0) is 48.9 Å². The Morgan fingerprint density at radius 3 is 2.32 bits per heavy atom. The Balaban J connectivity index is 1.43. The van der Waals surface area contributed by atoms with Crippen molar-refractivity contribution in [1.82, 2.24) is 19.8 Å². The molecule has 0 unspecified atom stereocenters. The van der Waals surface area contributed by atoms with Gasteiger partial charge in [0.25, 0.3) is 5.91 Å². The molecule has 2 heterocycles. The Morgan fingerprint density at radius 2 is 1.68 bits per heavy atom. The maximum atomic E-state index is 14.0. The summed E-state index contributed by atoms with van der Waals surface area (Å²) in [7, 11) is 0. The minimum Gasteiger partial charge on any atom is -0.379 e. The van der Waals surface area contributed by atoms with Crippen LogP contribution in [0.25, 0.3) is 0 Å². The van der Waals surface area contributed by atoms with Crippen molar-refractivity contribution in [2.24, 2.45) is 0 Å². The maximum Gasteiger partial charge on any atom is 0.416 e. The first-order valence-corrected chi connectivity index (χ1v) is 13.4.